The molecule has 0 spiro atoms. The standard InChI is InChI=1S/C27H23Cl3N2O4/c1-15(2)26-19(25(32-36-26)24-20(28)7-4-8-21(24)29)14-35-18-9-10-23(22(30)12-18)31-13-16-5-3-6-17(11-16)27(33)34/h3-12,15,31H,13-14H2,1-2H3,(H,33,34). The Morgan fingerprint density at radius 2 is 1.75 bits per heavy atom. The molecule has 186 valence electrons. The first kappa shape index (κ1) is 25.9. The zero-order chi connectivity index (χ0) is 25.8. The minimum Gasteiger partial charge on any atom is -0.489 e. The Morgan fingerprint density at radius 1 is 1.03 bits per heavy atom. The number of aromatic nitrogens is 1. The number of carbonyl (C=O) groups is 1. The van der Waals surface area contributed by atoms with Crippen molar-refractivity contribution in [3.63, 3.8) is 0 Å². The topological polar surface area (TPSA) is 84.6 Å². The Bertz CT molecular complexity index is 1380. The number of carboxylic acid groups (broad SMARTS) is 1. The number of ether oxygens (including phenoxy) is 1. The van der Waals surface area contributed by atoms with Crippen LogP contribution < -0.4 is 10.1 Å². The van der Waals surface area contributed by atoms with Crippen LogP contribution in [0.15, 0.2) is 65.2 Å². The van der Waals surface area contributed by atoms with E-state index < -0.39 is 5.97 Å². The molecule has 36 heavy (non-hydrogen) atoms. The van der Waals surface area contributed by atoms with Crippen LogP contribution in [0.25, 0.3) is 11.3 Å². The van der Waals surface area contributed by atoms with E-state index >= 15 is 0 Å². The number of aromatic carboxylic acids is 1. The molecule has 9 heteroatoms. The Kier molecular flexibility index (Phi) is 8.09. The quantitative estimate of drug-likeness (QED) is 0.220. The smallest absolute Gasteiger partial charge is 0.335 e. The molecule has 4 aromatic rings. The van der Waals surface area contributed by atoms with Crippen LogP contribution in [0, 0.1) is 0 Å². The van der Waals surface area contributed by atoms with Crippen LogP contribution in [0.3, 0.4) is 0 Å². The summed E-state index contributed by atoms with van der Waals surface area (Å²) in [4.78, 5) is 11.2. The fourth-order valence-corrected chi connectivity index (χ4v) is 4.55. The van der Waals surface area contributed by atoms with Crippen LogP contribution in [-0.4, -0.2) is 16.2 Å². The molecule has 0 bridgehead atoms. The molecule has 0 fully saturated rings. The normalized spacial score (nSPS) is 11.1. The third-order valence-electron chi connectivity index (χ3n) is 5.52. The van der Waals surface area contributed by atoms with Crippen molar-refractivity contribution in [2.75, 3.05) is 5.32 Å². The molecule has 2 N–H and O–H groups in total. The average molecular weight is 546 g/mol. The van der Waals surface area contributed by atoms with Crippen LogP contribution >= 0.6 is 34.8 Å². The van der Waals surface area contributed by atoms with E-state index in [9.17, 15) is 4.79 Å². The van der Waals surface area contributed by atoms with Crippen LogP contribution in [0.2, 0.25) is 15.1 Å². The third kappa shape index (κ3) is 5.78. The van der Waals surface area contributed by atoms with Crippen molar-refractivity contribution in [1.29, 1.82) is 0 Å². The van der Waals surface area contributed by atoms with E-state index in [2.05, 4.69) is 10.5 Å². The van der Waals surface area contributed by atoms with E-state index in [0.29, 0.717) is 50.1 Å². The molecule has 4 rings (SSSR count). The van der Waals surface area contributed by atoms with Crippen molar-refractivity contribution in [2.24, 2.45) is 0 Å². The molecule has 0 aliphatic carbocycles. The second-order valence-corrected chi connectivity index (χ2v) is 9.64. The van der Waals surface area contributed by atoms with Crippen LogP contribution in [0.1, 0.15) is 47.0 Å². The zero-order valence-corrected chi connectivity index (χ0v) is 21.8. The fraction of sp³-hybridized carbons (Fsp3) is 0.185. The lowest BCUT2D eigenvalue weighted by atomic mass is 10.0. The predicted octanol–water partition coefficient (Wildman–Crippen LogP) is 8.31. The number of anilines is 1. The van der Waals surface area contributed by atoms with Gasteiger partial charge >= 0.3 is 5.97 Å². The summed E-state index contributed by atoms with van der Waals surface area (Å²) in [5.74, 6) is 0.352. The van der Waals surface area contributed by atoms with Gasteiger partial charge in [-0.05, 0) is 42.0 Å². The number of hydrogen-bond donors (Lipinski definition) is 2. The molecular weight excluding hydrogens is 523 g/mol. The van der Waals surface area contributed by atoms with Gasteiger partial charge in [-0.15, -0.1) is 0 Å². The highest BCUT2D eigenvalue weighted by Crippen LogP contribution is 2.39. The predicted molar refractivity (Wildman–Crippen MR) is 143 cm³/mol. The summed E-state index contributed by atoms with van der Waals surface area (Å²) in [7, 11) is 0. The summed E-state index contributed by atoms with van der Waals surface area (Å²) in [5, 5.41) is 18.0. The summed E-state index contributed by atoms with van der Waals surface area (Å²) in [6.45, 7) is 4.61. The van der Waals surface area contributed by atoms with Gasteiger partial charge in [0, 0.05) is 24.1 Å². The molecule has 3 aromatic carbocycles. The summed E-state index contributed by atoms with van der Waals surface area (Å²) >= 11 is 19.3. The first-order valence-electron chi connectivity index (χ1n) is 11.2. The first-order chi connectivity index (χ1) is 17.2. The molecule has 0 atom stereocenters. The van der Waals surface area contributed by atoms with Gasteiger partial charge in [-0.2, -0.15) is 0 Å². The number of halogens is 3. The van der Waals surface area contributed by atoms with E-state index in [0.717, 1.165) is 11.1 Å². The van der Waals surface area contributed by atoms with E-state index in [-0.39, 0.29) is 18.1 Å². The minimum atomic E-state index is -0.968. The Morgan fingerprint density at radius 3 is 2.42 bits per heavy atom. The number of nitrogens with one attached hydrogen (secondary N) is 1. The Labute approximate surface area is 223 Å². The summed E-state index contributed by atoms with van der Waals surface area (Å²) in [5.41, 5.74) is 3.65. The van der Waals surface area contributed by atoms with Crippen LogP contribution in [-0.2, 0) is 13.2 Å². The number of carboxylic acids is 1. The summed E-state index contributed by atoms with van der Waals surface area (Å²) in [6.07, 6.45) is 0. The average Bonchev–Trinajstić information content (AvgIpc) is 3.26. The molecule has 0 saturated carbocycles. The van der Waals surface area contributed by atoms with Crippen molar-refractivity contribution in [3.8, 4) is 17.0 Å². The lowest BCUT2D eigenvalue weighted by Crippen LogP contribution is -2.03. The number of benzene rings is 3. The van der Waals surface area contributed by atoms with Gasteiger partial charge in [0.1, 0.15) is 23.8 Å². The van der Waals surface area contributed by atoms with E-state index in [1.165, 1.54) is 0 Å². The van der Waals surface area contributed by atoms with E-state index in [4.69, 9.17) is 49.2 Å². The Hall–Kier alpha value is -3.19. The largest absolute Gasteiger partial charge is 0.489 e. The number of rotatable bonds is 9. The highest BCUT2D eigenvalue weighted by molar-refractivity contribution is 6.39. The van der Waals surface area contributed by atoms with E-state index in [1.807, 2.05) is 26.0 Å². The van der Waals surface area contributed by atoms with Gasteiger partial charge in [0.15, 0.2) is 0 Å². The third-order valence-corrected chi connectivity index (χ3v) is 6.47. The lowest BCUT2D eigenvalue weighted by molar-refractivity contribution is 0.0696. The van der Waals surface area contributed by atoms with Gasteiger partial charge in [0.2, 0.25) is 0 Å². The van der Waals surface area contributed by atoms with Gasteiger partial charge in [-0.3, -0.25) is 0 Å². The summed E-state index contributed by atoms with van der Waals surface area (Å²) < 4.78 is 11.7. The molecular formula is C27H23Cl3N2O4. The maximum absolute atomic E-state index is 11.2. The minimum absolute atomic E-state index is 0.0703. The second kappa shape index (κ2) is 11.2. The lowest BCUT2D eigenvalue weighted by Gasteiger charge is -2.13. The van der Waals surface area contributed by atoms with E-state index in [1.54, 1.807) is 48.5 Å². The van der Waals surface area contributed by atoms with Gasteiger partial charge in [-0.1, -0.05) is 72.0 Å². The van der Waals surface area contributed by atoms with Crippen molar-refractivity contribution < 1.29 is 19.2 Å². The molecule has 0 amide bonds. The van der Waals surface area contributed by atoms with Crippen LogP contribution in [0.5, 0.6) is 5.75 Å². The van der Waals surface area contributed by atoms with Gasteiger partial charge in [0.05, 0.1) is 31.9 Å². The molecule has 0 saturated heterocycles. The Balaban J connectivity index is 1.50. The SMILES string of the molecule is CC(C)c1onc(-c2c(Cl)cccc2Cl)c1COc1ccc(NCc2cccc(C(=O)O)c2)c(Cl)c1. The van der Waals surface area contributed by atoms with Crippen LogP contribution in [0.4, 0.5) is 5.69 Å². The van der Waals surface area contributed by atoms with Crippen molar-refractivity contribution in [2.45, 2.75) is 32.9 Å². The molecule has 6 nitrogen and oxygen atoms in total. The van der Waals surface area contributed by atoms with Gasteiger partial charge < -0.3 is 19.7 Å². The monoisotopic (exact) mass is 544 g/mol. The molecule has 0 unspecified atom stereocenters. The zero-order valence-electron chi connectivity index (χ0n) is 19.5. The van der Waals surface area contributed by atoms with Gasteiger partial charge in [0.25, 0.3) is 0 Å². The fourth-order valence-electron chi connectivity index (χ4n) is 3.73. The number of nitrogens with zero attached hydrogens (tertiary/aromatic N) is 1. The molecule has 0 aliphatic rings. The number of hydrogen-bond acceptors (Lipinski definition) is 5. The maximum Gasteiger partial charge on any atom is 0.335 e. The molecule has 0 radical (unpaired) electrons. The van der Waals surface area contributed by atoms with Crippen molar-refractivity contribution >= 4 is 46.5 Å². The maximum atomic E-state index is 11.2. The molecule has 0 aliphatic heterocycles. The first-order valence-corrected chi connectivity index (χ1v) is 12.3. The van der Waals surface area contributed by atoms with Crippen molar-refractivity contribution in [1.82, 2.24) is 5.16 Å². The molecule has 1 heterocycles. The highest BCUT2D eigenvalue weighted by Gasteiger charge is 2.24. The second-order valence-electron chi connectivity index (χ2n) is 8.41. The highest BCUT2D eigenvalue weighted by atomic mass is 35.5. The molecule has 1 aromatic heterocycles. The van der Waals surface area contributed by atoms with Crippen molar-refractivity contribution in [3.05, 3.63) is 98.2 Å². The summed E-state index contributed by atoms with van der Waals surface area (Å²) in [6, 6.07) is 17.3. The van der Waals surface area contributed by atoms with Gasteiger partial charge in [-0.25, -0.2) is 4.79 Å².